The van der Waals surface area contributed by atoms with Crippen LogP contribution in [0.4, 0.5) is 17.3 Å². The van der Waals surface area contributed by atoms with Crippen molar-refractivity contribution < 1.29 is 0 Å². The Morgan fingerprint density at radius 1 is 1.25 bits per heavy atom. The Morgan fingerprint density at radius 3 is 2.70 bits per heavy atom. The molecule has 0 amide bonds. The van der Waals surface area contributed by atoms with Crippen molar-refractivity contribution in [1.82, 2.24) is 9.97 Å². The Bertz CT molecular complexity index is 609. The van der Waals surface area contributed by atoms with Crippen molar-refractivity contribution in [2.45, 2.75) is 12.1 Å². The largest absolute Gasteiger partial charge is 0.370 e. The number of anilines is 3. The van der Waals surface area contributed by atoms with Crippen molar-refractivity contribution in [2.24, 2.45) is 0 Å². The van der Waals surface area contributed by atoms with E-state index < -0.39 is 0 Å². The van der Waals surface area contributed by atoms with E-state index in [0.29, 0.717) is 16.0 Å². The fraction of sp³-hybridized carbons (Fsp3) is 0.231. The number of halogens is 2. The molecule has 2 N–H and O–H groups in total. The summed E-state index contributed by atoms with van der Waals surface area (Å²) in [5.41, 5.74) is 0.800. The molecule has 0 fully saturated rings. The van der Waals surface area contributed by atoms with Crippen molar-refractivity contribution in [3.63, 3.8) is 0 Å². The molecule has 1 aromatic carbocycles. The molecule has 4 nitrogen and oxygen atoms in total. The van der Waals surface area contributed by atoms with Crippen LogP contribution in [0.25, 0.3) is 0 Å². The second-order valence-electron chi connectivity index (χ2n) is 3.90. The molecule has 0 bridgehead atoms. The molecule has 0 unspecified atom stereocenters. The van der Waals surface area contributed by atoms with E-state index in [2.05, 4.69) is 36.5 Å². The van der Waals surface area contributed by atoms with E-state index in [1.807, 2.05) is 37.4 Å². The fourth-order valence-electron chi connectivity index (χ4n) is 1.58. The van der Waals surface area contributed by atoms with Crippen molar-refractivity contribution >= 4 is 56.6 Å². The maximum atomic E-state index is 6.17. The first-order valence-electron chi connectivity index (χ1n) is 6.01. The van der Waals surface area contributed by atoms with Crippen LogP contribution in [-0.2, 0) is 0 Å². The van der Waals surface area contributed by atoms with E-state index in [9.17, 15) is 0 Å². The number of benzene rings is 1. The first kappa shape index (κ1) is 15.4. The SMILES string of the molecule is CCNc1cc(Nc2cc(Br)ccc2Cl)nc(SC)n1. The van der Waals surface area contributed by atoms with Crippen LogP contribution in [0.3, 0.4) is 0 Å². The summed E-state index contributed by atoms with van der Waals surface area (Å²) in [4.78, 5) is 8.81. The van der Waals surface area contributed by atoms with Crippen LogP contribution in [0.1, 0.15) is 6.92 Å². The predicted molar refractivity (Wildman–Crippen MR) is 90.4 cm³/mol. The van der Waals surface area contributed by atoms with Crippen molar-refractivity contribution in [2.75, 3.05) is 23.4 Å². The summed E-state index contributed by atoms with van der Waals surface area (Å²) < 4.78 is 0.954. The summed E-state index contributed by atoms with van der Waals surface area (Å²) in [6, 6.07) is 7.50. The Kier molecular flexibility index (Phi) is 5.51. The lowest BCUT2D eigenvalue weighted by Gasteiger charge is -2.11. The van der Waals surface area contributed by atoms with Crippen LogP contribution in [0, 0.1) is 0 Å². The van der Waals surface area contributed by atoms with Gasteiger partial charge in [-0.25, -0.2) is 9.97 Å². The number of nitrogens with zero attached hydrogens (tertiary/aromatic N) is 2. The molecule has 106 valence electrons. The van der Waals surface area contributed by atoms with Gasteiger partial charge in [0.1, 0.15) is 11.6 Å². The molecule has 0 saturated heterocycles. The first-order chi connectivity index (χ1) is 9.62. The molecule has 0 atom stereocenters. The lowest BCUT2D eigenvalue weighted by atomic mass is 10.3. The Hall–Kier alpha value is -0.980. The zero-order valence-electron chi connectivity index (χ0n) is 11.1. The lowest BCUT2D eigenvalue weighted by Crippen LogP contribution is -2.03. The van der Waals surface area contributed by atoms with Gasteiger partial charge in [0.05, 0.1) is 10.7 Å². The number of hydrogen-bond donors (Lipinski definition) is 2. The maximum absolute atomic E-state index is 6.17. The molecule has 0 spiro atoms. The van der Waals surface area contributed by atoms with Crippen LogP contribution in [0.2, 0.25) is 5.02 Å². The lowest BCUT2D eigenvalue weighted by molar-refractivity contribution is 0.967. The first-order valence-corrected chi connectivity index (χ1v) is 8.41. The minimum absolute atomic E-state index is 0.641. The number of aromatic nitrogens is 2. The standard InChI is InChI=1S/C13H14BrClN4S/c1-3-16-11-7-12(19-13(18-11)20-2)17-10-6-8(14)4-5-9(10)15/h4-7H,3H2,1-2H3,(H2,16,17,18,19). The fourth-order valence-corrected chi connectivity index (χ4v) is 2.49. The smallest absolute Gasteiger partial charge is 0.191 e. The van der Waals surface area contributed by atoms with Crippen molar-refractivity contribution in [3.8, 4) is 0 Å². The minimum atomic E-state index is 0.641. The summed E-state index contributed by atoms with van der Waals surface area (Å²) in [5.74, 6) is 1.50. The average Bonchev–Trinajstić information content (AvgIpc) is 2.43. The zero-order chi connectivity index (χ0) is 14.5. The molecule has 0 aliphatic heterocycles. The molecule has 1 aromatic heterocycles. The summed E-state index contributed by atoms with van der Waals surface area (Å²) in [6.07, 6.45) is 1.95. The van der Waals surface area contributed by atoms with Crippen LogP contribution in [0.15, 0.2) is 33.9 Å². The van der Waals surface area contributed by atoms with Crippen LogP contribution >= 0.6 is 39.3 Å². The van der Waals surface area contributed by atoms with Gasteiger partial charge >= 0.3 is 0 Å². The highest BCUT2D eigenvalue weighted by molar-refractivity contribution is 9.10. The third-order valence-corrected chi connectivity index (χ3v) is 3.81. The van der Waals surface area contributed by atoms with Crippen LogP contribution < -0.4 is 10.6 Å². The third kappa shape index (κ3) is 4.01. The van der Waals surface area contributed by atoms with Crippen LogP contribution in [0.5, 0.6) is 0 Å². The predicted octanol–water partition coefficient (Wildman–Crippen LogP) is 4.79. The summed E-state index contributed by atoms with van der Waals surface area (Å²) in [6.45, 7) is 2.83. The number of nitrogens with one attached hydrogen (secondary N) is 2. The van der Waals surface area contributed by atoms with Gasteiger partial charge in [-0.2, -0.15) is 0 Å². The summed E-state index contributed by atoms with van der Waals surface area (Å²) in [7, 11) is 0. The van der Waals surface area contributed by atoms with Gasteiger partial charge in [-0.1, -0.05) is 39.3 Å². The van der Waals surface area contributed by atoms with Gasteiger partial charge in [0.2, 0.25) is 0 Å². The van der Waals surface area contributed by atoms with Gasteiger partial charge < -0.3 is 10.6 Å². The van der Waals surface area contributed by atoms with Gasteiger partial charge in [0, 0.05) is 17.1 Å². The van der Waals surface area contributed by atoms with Crippen LogP contribution in [-0.4, -0.2) is 22.8 Å². The monoisotopic (exact) mass is 372 g/mol. The molecular formula is C13H14BrClN4S. The molecular weight excluding hydrogens is 360 g/mol. The van der Waals surface area contributed by atoms with Gasteiger partial charge in [0.25, 0.3) is 0 Å². The van der Waals surface area contributed by atoms with E-state index >= 15 is 0 Å². The third-order valence-electron chi connectivity index (χ3n) is 2.44. The topological polar surface area (TPSA) is 49.8 Å². The molecule has 0 saturated carbocycles. The van der Waals surface area contributed by atoms with E-state index in [1.54, 1.807) is 0 Å². The maximum Gasteiger partial charge on any atom is 0.191 e. The number of thioether (sulfide) groups is 1. The summed E-state index contributed by atoms with van der Waals surface area (Å²) in [5, 5.41) is 7.75. The molecule has 0 aliphatic rings. The van der Waals surface area contributed by atoms with Crippen molar-refractivity contribution in [1.29, 1.82) is 0 Å². The van der Waals surface area contributed by atoms with E-state index in [-0.39, 0.29) is 0 Å². The van der Waals surface area contributed by atoms with Crippen molar-refractivity contribution in [3.05, 3.63) is 33.8 Å². The highest BCUT2D eigenvalue weighted by Gasteiger charge is 2.06. The Labute approximate surface area is 135 Å². The van der Waals surface area contributed by atoms with E-state index in [0.717, 1.165) is 22.5 Å². The van der Waals surface area contributed by atoms with Gasteiger partial charge in [-0.05, 0) is 31.4 Å². The van der Waals surface area contributed by atoms with E-state index in [1.165, 1.54) is 11.8 Å². The van der Waals surface area contributed by atoms with Gasteiger partial charge in [-0.15, -0.1) is 0 Å². The molecule has 20 heavy (non-hydrogen) atoms. The summed E-state index contributed by atoms with van der Waals surface area (Å²) >= 11 is 11.1. The molecule has 0 radical (unpaired) electrons. The highest BCUT2D eigenvalue weighted by Crippen LogP contribution is 2.29. The Morgan fingerprint density at radius 2 is 2.00 bits per heavy atom. The molecule has 1 heterocycles. The molecule has 0 aliphatic carbocycles. The minimum Gasteiger partial charge on any atom is -0.370 e. The van der Waals surface area contributed by atoms with Gasteiger partial charge in [0.15, 0.2) is 5.16 Å². The second kappa shape index (κ2) is 7.15. The number of hydrogen-bond acceptors (Lipinski definition) is 5. The quantitative estimate of drug-likeness (QED) is 0.583. The van der Waals surface area contributed by atoms with Gasteiger partial charge in [-0.3, -0.25) is 0 Å². The molecule has 7 heteroatoms. The van der Waals surface area contributed by atoms with E-state index in [4.69, 9.17) is 11.6 Å². The highest BCUT2D eigenvalue weighted by atomic mass is 79.9. The number of rotatable bonds is 5. The Balaban J connectivity index is 2.32. The second-order valence-corrected chi connectivity index (χ2v) is 6.00. The average molecular weight is 374 g/mol. The zero-order valence-corrected chi connectivity index (χ0v) is 14.2. The normalized spacial score (nSPS) is 10.4. The molecule has 2 aromatic rings. The molecule has 2 rings (SSSR count).